The van der Waals surface area contributed by atoms with Crippen LogP contribution < -0.4 is 11.3 Å². The normalized spacial score (nSPS) is 17.8. The van der Waals surface area contributed by atoms with E-state index in [2.05, 4.69) is 5.43 Å². The molecule has 0 aliphatic heterocycles. The zero-order valence-electron chi connectivity index (χ0n) is 8.96. The van der Waals surface area contributed by atoms with Crippen molar-refractivity contribution in [1.29, 1.82) is 0 Å². The zero-order chi connectivity index (χ0) is 10.8. The summed E-state index contributed by atoms with van der Waals surface area (Å²) in [6, 6.07) is 4.97. The Labute approximate surface area is 89.6 Å². The Hall–Kier alpha value is -0.930. The number of halogens is 1. The molecule has 15 heavy (non-hydrogen) atoms. The first-order valence-electron chi connectivity index (χ1n) is 5.43. The van der Waals surface area contributed by atoms with Crippen molar-refractivity contribution >= 4 is 0 Å². The lowest BCUT2D eigenvalue weighted by Crippen LogP contribution is -2.29. The number of nitrogens with one attached hydrogen (secondary N) is 1. The first kappa shape index (κ1) is 10.6. The van der Waals surface area contributed by atoms with Gasteiger partial charge in [0.2, 0.25) is 0 Å². The Morgan fingerprint density at radius 3 is 2.87 bits per heavy atom. The van der Waals surface area contributed by atoms with Gasteiger partial charge in [-0.1, -0.05) is 18.9 Å². The van der Waals surface area contributed by atoms with Gasteiger partial charge >= 0.3 is 0 Å². The van der Waals surface area contributed by atoms with Gasteiger partial charge < -0.3 is 0 Å². The van der Waals surface area contributed by atoms with E-state index < -0.39 is 0 Å². The van der Waals surface area contributed by atoms with Gasteiger partial charge in [-0.25, -0.2) is 4.39 Å². The van der Waals surface area contributed by atoms with Crippen molar-refractivity contribution in [3.63, 3.8) is 0 Å². The molecule has 0 heterocycles. The van der Waals surface area contributed by atoms with Crippen molar-refractivity contribution in [1.82, 2.24) is 5.43 Å². The van der Waals surface area contributed by atoms with Gasteiger partial charge in [0.05, 0.1) is 0 Å². The number of aryl methyl sites for hydroxylation is 1. The highest BCUT2D eigenvalue weighted by Gasteiger charge is 2.26. The van der Waals surface area contributed by atoms with E-state index in [0.29, 0.717) is 0 Å². The van der Waals surface area contributed by atoms with Crippen molar-refractivity contribution in [2.24, 2.45) is 11.8 Å². The van der Waals surface area contributed by atoms with Crippen LogP contribution in [-0.2, 0) is 0 Å². The summed E-state index contributed by atoms with van der Waals surface area (Å²) in [6.45, 7) is 1.99. The Kier molecular flexibility index (Phi) is 3.03. The molecule has 1 atom stereocenters. The van der Waals surface area contributed by atoms with Crippen LogP contribution >= 0.6 is 0 Å². The van der Waals surface area contributed by atoms with Crippen LogP contribution in [0, 0.1) is 18.7 Å². The van der Waals surface area contributed by atoms with E-state index >= 15 is 0 Å². The molecule has 0 spiro atoms. The number of benzene rings is 1. The fraction of sp³-hybridized carbons (Fsp3) is 0.500. The smallest absolute Gasteiger partial charge is 0.123 e. The summed E-state index contributed by atoms with van der Waals surface area (Å²) >= 11 is 0. The molecule has 2 rings (SSSR count). The third-order valence-corrected chi connectivity index (χ3v) is 3.08. The van der Waals surface area contributed by atoms with Crippen molar-refractivity contribution in [2.75, 3.05) is 0 Å². The Balaban J connectivity index is 2.19. The summed E-state index contributed by atoms with van der Waals surface area (Å²) in [5.41, 5.74) is 4.88. The van der Waals surface area contributed by atoms with Crippen LogP contribution in [0.4, 0.5) is 4.39 Å². The summed E-state index contributed by atoms with van der Waals surface area (Å²) in [5.74, 6) is 6.11. The molecule has 3 N–H and O–H groups in total. The molecule has 1 aromatic carbocycles. The van der Waals surface area contributed by atoms with Gasteiger partial charge in [-0.3, -0.25) is 11.3 Å². The average Bonchev–Trinajstić information content (AvgIpc) is 3.02. The Morgan fingerprint density at radius 2 is 2.27 bits per heavy atom. The maximum Gasteiger partial charge on any atom is 0.123 e. The molecule has 1 fully saturated rings. The molecule has 0 aromatic heterocycles. The minimum Gasteiger partial charge on any atom is -0.271 e. The SMILES string of the molecule is Cc1ccc(F)cc1C(CC1CC1)NN. The molecule has 82 valence electrons. The molecule has 0 saturated heterocycles. The van der Waals surface area contributed by atoms with Crippen LogP contribution in [0.3, 0.4) is 0 Å². The van der Waals surface area contributed by atoms with E-state index in [4.69, 9.17) is 5.84 Å². The van der Waals surface area contributed by atoms with Crippen LogP contribution in [0.25, 0.3) is 0 Å². The molecule has 2 nitrogen and oxygen atoms in total. The highest BCUT2D eigenvalue weighted by molar-refractivity contribution is 5.29. The fourth-order valence-corrected chi connectivity index (χ4v) is 1.96. The second-order valence-electron chi connectivity index (χ2n) is 4.40. The molecule has 0 radical (unpaired) electrons. The summed E-state index contributed by atoms with van der Waals surface area (Å²) < 4.78 is 13.1. The van der Waals surface area contributed by atoms with Crippen LogP contribution in [-0.4, -0.2) is 0 Å². The monoisotopic (exact) mass is 208 g/mol. The maximum absolute atomic E-state index is 13.1. The predicted octanol–water partition coefficient (Wildman–Crippen LogP) is 2.44. The predicted molar refractivity (Wildman–Crippen MR) is 58.5 cm³/mol. The zero-order valence-corrected chi connectivity index (χ0v) is 8.96. The molecule has 0 amide bonds. The van der Waals surface area contributed by atoms with E-state index in [-0.39, 0.29) is 11.9 Å². The summed E-state index contributed by atoms with van der Waals surface area (Å²) in [5, 5.41) is 0. The number of nitrogens with two attached hydrogens (primary N) is 1. The molecule has 1 aromatic rings. The average molecular weight is 208 g/mol. The number of hydrogen-bond donors (Lipinski definition) is 2. The van der Waals surface area contributed by atoms with Gasteiger partial charge in [0.25, 0.3) is 0 Å². The lowest BCUT2D eigenvalue weighted by atomic mass is 9.97. The fourth-order valence-electron chi connectivity index (χ4n) is 1.96. The largest absolute Gasteiger partial charge is 0.271 e. The number of hydrogen-bond acceptors (Lipinski definition) is 2. The first-order valence-corrected chi connectivity index (χ1v) is 5.43. The third kappa shape index (κ3) is 2.55. The van der Waals surface area contributed by atoms with Crippen LogP contribution in [0.2, 0.25) is 0 Å². The highest BCUT2D eigenvalue weighted by atomic mass is 19.1. The molecule has 0 bridgehead atoms. The molecule has 1 aliphatic carbocycles. The van der Waals surface area contributed by atoms with Crippen LogP contribution in [0.5, 0.6) is 0 Å². The minimum absolute atomic E-state index is 0.0909. The van der Waals surface area contributed by atoms with Crippen LogP contribution in [0.1, 0.15) is 36.4 Å². The summed E-state index contributed by atoms with van der Waals surface area (Å²) in [4.78, 5) is 0. The standard InChI is InChI=1S/C12H17FN2/c1-8-2-5-10(13)7-11(8)12(15-14)6-9-3-4-9/h2,5,7,9,12,15H,3-4,6,14H2,1H3. The van der Waals surface area contributed by atoms with E-state index in [1.54, 1.807) is 6.07 Å². The van der Waals surface area contributed by atoms with E-state index in [0.717, 1.165) is 23.5 Å². The molecule has 3 heteroatoms. The van der Waals surface area contributed by atoms with Gasteiger partial charge in [-0.15, -0.1) is 0 Å². The van der Waals surface area contributed by atoms with Gasteiger partial charge in [0.1, 0.15) is 5.82 Å². The second kappa shape index (κ2) is 4.29. The van der Waals surface area contributed by atoms with Crippen molar-refractivity contribution in [3.8, 4) is 0 Å². The molecular weight excluding hydrogens is 191 g/mol. The van der Waals surface area contributed by atoms with Crippen molar-refractivity contribution in [2.45, 2.75) is 32.2 Å². The summed E-state index contributed by atoms with van der Waals surface area (Å²) in [7, 11) is 0. The second-order valence-corrected chi connectivity index (χ2v) is 4.40. The van der Waals surface area contributed by atoms with Gasteiger partial charge in [0, 0.05) is 6.04 Å². The highest BCUT2D eigenvalue weighted by Crippen LogP contribution is 2.38. The number of rotatable bonds is 4. The summed E-state index contributed by atoms with van der Waals surface area (Å²) in [6.07, 6.45) is 3.58. The topological polar surface area (TPSA) is 38.0 Å². The molecule has 1 aliphatic rings. The third-order valence-electron chi connectivity index (χ3n) is 3.08. The van der Waals surface area contributed by atoms with E-state index in [1.165, 1.54) is 18.9 Å². The van der Waals surface area contributed by atoms with Crippen molar-refractivity contribution < 1.29 is 4.39 Å². The number of hydrazine groups is 1. The lowest BCUT2D eigenvalue weighted by Gasteiger charge is -2.18. The Morgan fingerprint density at radius 1 is 1.53 bits per heavy atom. The quantitative estimate of drug-likeness (QED) is 0.589. The van der Waals surface area contributed by atoms with Gasteiger partial charge in [-0.2, -0.15) is 0 Å². The molecule has 1 saturated carbocycles. The van der Waals surface area contributed by atoms with E-state index in [1.807, 2.05) is 13.0 Å². The molecule has 1 unspecified atom stereocenters. The van der Waals surface area contributed by atoms with Crippen molar-refractivity contribution in [3.05, 3.63) is 35.1 Å². The van der Waals surface area contributed by atoms with E-state index in [9.17, 15) is 4.39 Å². The van der Waals surface area contributed by atoms with Crippen LogP contribution in [0.15, 0.2) is 18.2 Å². The first-order chi connectivity index (χ1) is 7.20. The minimum atomic E-state index is -0.188. The molecular formula is C12H17FN2. The Bertz CT molecular complexity index is 347. The van der Waals surface area contributed by atoms with Gasteiger partial charge in [-0.05, 0) is 42.5 Å². The lowest BCUT2D eigenvalue weighted by molar-refractivity contribution is 0.482. The van der Waals surface area contributed by atoms with Gasteiger partial charge in [0.15, 0.2) is 0 Å². The maximum atomic E-state index is 13.1.